The van der Waals surface area contributed by atoms with Gasteiger partial charge in [-0.3, -0.25) is 9.20 Å². The lowest BCUT2D eigenvalue weighted by Gasteiger charge is -2.30. The second-order valence-corrected chi connectivity index (χ2v) is 9.59. The van der Waals surface area contributed by atoms with Crippen molar-refractivity contribution in [2.75, 3.05) is 18.8 Å². The van der Waals surface area contributed by atoms with E-state index in [4.69, 9.17) is 4.99 Å². The monoisotopic (exact) mass is 530 g/mol. The molecule has 0 saturated heterocycles. The van der Waals surface area contributed by atoms with E-state index in [-0.39, 0.29) is 24.0 Å². The van der Waals surface area contributed by atoms with E-state index in [9.17, 15) is 4.21 Å². The summed E-state index contributed by atoms with van der Waals surface area (Å²) in [6.07, 6.45) is 5.25. The number of fused-ring (bicyclic) bond motifs is 1. The number of nitrogens with one attached hydrogen (secondary N) is 3. The van der Waals surface area contributed by atoms with Crippen LogP contribution in [0.2, 0.25) is 0 Å². The first-order valence-corrected chi connectivity index (χ1v) is 12.0. The number of halogens is 1. The summed E-state index contributed by atoms with van der Waals surface area (Å²) in [5.74, 6) is 1.64. The summed E-state index contributed by atoms with van der Waals surface area (Å²) in [5, 5.41) is 8.59. The van der Waals surface area contributed by atoms with Crippen molar-refractivity contribution < 1.29 is 4.21 Å². The molecule has 1 aromatic carbocycles. The Morgan fingerprint density at radius 1 is 1.28 bits per heavy atom. The van der Waals surface area contributed by atoms with E-state index >= 15 is 0 Å². The molecule has 0 bridgehead atoms. The van der Waals surface area contributed by atoms with E-state index in [1.807, 2.05) is 6.92 Å². The molecule has 7 heteroatoms. The lowest BCUT2D eigenvalue weighted by molar-refractivity contribution is 0.413. The standard InChI is InChI=1S/C22H34N4OS.HI/c1-4-23-22(26-17-9-8-10-18(15-17)28(27)5-2)24-14-13-19-16(3)25-21-12-7-6-11-20(19)21;/h6-7,11-12,17-18,25H,4-5,8-10,13-15H2,1-3H3,(H2,23,24,26);1H. The average Bonchev–Trinajstić information content (AvgIpc) is 3.03. The second kappa shape index (κ2) is 11.9. The van der Waals surface area contributed by atoms with Crippen LogP contribution in [-0.4, -0.2) is 45.3 Å². The molecule has 29 heavy (non-hydrogen) atoms. The van der Waals surface area contributed by atoms with E-state index in [1.165, 1.54) is 22.2 Å². The number of benzene rings is 1. The predicted molar refractivity (Wildman–Crippen MR) is 136 cm³/mol. The molecule has 0 radical (unpaired) electrons. The SMILES string of the molecule is CCNC(=NCCc1c(C)[nH]c2ccccc12)NC1CCCC(S(=O)CC)C1.I. The van der Waals surface area contributed by atoms with Crippen molar-refractivity contribution in [3.8, 4) is 0 Å². The topological polar surface area (TPSA) is 69.3 Å². The Labute approximate surface area is 194 Å². The number of hydrogen-bond donors (Lipinski definition) is 3. The summed E-state index contributed by atoms with van der Waals surface area (Å²) in [6.45, 7) is 7.84. The summed E-state index contributed by atoms with van der Waals surface area (Å²) < 4.78 is 12.2. The molecule has 3 unspecified atom stereocenters. The largest absolute Gasteiger partial charge is 0.358 e. The van der Waals surface area contributed by atoms with Crippen LogP contribution in [0.25, 0.3) is 10.9 Å². The number of aliphatic imine (C=N–C) groups is 1. The van der Waals surface area contributed by atoms with Crippen LogP contribution in [-0.2, 0) is 17.2 Å². The molecule has 1 heterocycles. The maximum Gasteiger partial charge on any atom is 0.191 e. The summed E-state index contributed by atoms with van der Waals surface area (Å²) >= 11 is 0. The van der Waals surface area contributed by atoms with E-state index in [2.05, 4.69) is 53.7 Å². The summed E-state index contributed by atoms with van der Waals surface area (Å²) in [5.41, 5.74) is 3.78. The van der Waals surface area contributed by atoms with Gasteiger partial charge in [0.2, 0.25) is 0 Å². The Balaban J connectivity index is 0.00000300. The van der Waals surface area contributed by atoms with E-state index in [0.29, 0.717) is 11.3 Å². The summed E-state index contributed by atoms with van der Waals surface area (Å²) in [4.78, 5) is 8.29. The van der Waals surface area contributed by atoms with E-state index < -0.39 is 10.8 Å². The van der Waals surface area contributed by atoms with Gasteiger partial charge in [-0.15, -0.1) is 24.0 Å². The number of guanidine groups is 1. The lowest BCUT2D eigenvalue weighted by Crippen LogP contribution is -2.46. The third-order valence-corrected chi connectivity index (χ3v) is 7.37. The van der Waals surface area contributed by atoms with E-state index in [0.717, 1.165) is 56.9 Å². The van der Waals surface area contributed by atoms with Gasteiger partial charge in [0.25, 0.3) is 0 Å². The third kappa shape index (κ3) is 6.44. The van der Waals surface area contributed by atoms with Gasteiger partial charge in [-0.05, 0) is 51.2 Å². The van der Waals surface area contributed by atoms with Crippen molar-refractivity contribution in [1.29, 1.82) is 0 Å². The average molecular weight is 531 g/mol. The Morgan fingerprint density at radius 3 is 2.83 bits per heavy atom. The zero-order chi connectivity index (χ0) is 19.9. The highest BCUT2D eigenvalue weighted by Crippen LogP contribution is 2.23. The molecule has 1 aromatic heterocycles. The van der Waals surface area contributed by atoms with Crippen molar-refractivity contribution in [3.63, 3.8) is 0 Å². The quantitative estimate of drug-likeness (QED) is 0.285. The highest BCUT2D eigenvalue weighted by atomic mass is 127. The van der Waals surface area contributed by atoms with Crippen LogP contribution in [0.3, 0.4) is 0 Å². The molecular formula is C22H35IN4OS. The molecule has 1 aliphatic carbocycles. The molecule has 0 aliphatic heterocycles. The molecule has 1 fully saturated rings. The third-order valence-electron chi connectivity index (χ3n) is 5.63. The van der Waals surface area contributed by atoms with Crippen LogP contribution in [0.15, 0.2) is 29.3 Å². The van der Waals surface area contributed by atoms with Gasteiger partial charge in [-0.25, -0.2) is 0 Å². The number of para-hydroxylation sites is 1. The highest BCUT2D eigenvalue weighted by Gasteiger charge is 2.26. The van der Waals surface area contributed by atoms with Crippen LogP contribution in [0, 0.1) is 6.92 Å². The number of nitrogens with zero attached hydrogens (tertiary/aromatic N) is 1. The highest BCUT2D eigenvalue weighted by molar-refractivity contribution is 14.0. The molecule has 1 saturated carbocycles. The number of H-pyrrole nitrogens is 1. The van der Waals surface area contributed by atoms with Crippen LogP contribution in [0.4, 0.5) is 0 Å². The van der Waals surface area contributed by atoms with Crippen molar-refractivity contribution in [2.24, 2.45) is 4.99 Å². The fraction of sp³-hybridized carbons (Fsp3) is 0.591. The summed E-state index contributed by atoms with van der Waals surface area (Å²) in [7, 11) is -0.698. The smallest absolute Gasteiger partial charge is 0.191 e. The Kier molecular flexibility index (Phi) is 9.95. The van der Waals surface area contributed by atoms with Crippen molar-refractivity contribution >= 4 is 51.6 Å². The van der Waals surface area contributed by atoms with Gasteiger partial charge in [0.15, 0.2) is 5.96 Å². The molecular weight excluding hydrogens is 495 g/mol. The first-order valence-electron chi connectivity index (χ1n) is 10.6. The fourth-order valence-electron chi connectivity index (χ4n) is 4.20. The number of aromatic amines is 1. The van der Waals surface area contributed by atoms with Crippen LogP contribution in [0.1, 0.15) is 50.8 Å². The van der Waals surface area contributed by atoms with Crippen molar-refractivity contribution in [3.05, 3.63) is 35.5 Å². The fourth-order valence-corrected chi connectivity index (χ4v) is 5.55. The van der Waals surface area contributed by atoms with Gasteiger partial charge in [-0.1, -0.05) is 31.5 Å². The molecule has 2 aromatic rings. The number of aromatic nitrogens is 1. The minimum Gasteiger partial charge on any atom is -0.358 e. The first kappa shape index (κ1) is 24.2. The van der Waals surface area contributed by atoms with Crippen LogP contribution < -0.4 is 10.6 Å². The van der Waals surface area contributed by atoms with E-state index in [1.54, 1.807) is 0 Å². The lowest BCUT2D eigenvalue weighted by atomic mass is 9.95. The first-order chi connectivity index (χ1) is 13.6. The zero-order valence-electron chi connectivity index (χ0n) is 17.8. The molecule has 3 atom stereocenters. The predicted octanol–water partition coefficient (Wildman–Crippen LogP) is 4.27. The maximum atomic E-state index is 12.2. The van der Waals surface area contributed by atoms with Crippen LogP contribution >= 0.6 is 24.0 Å². The molecule has 0 spiro atoms. The summed E-state index contributed by atoms with van der Waals surface area (Å²) in [6, 6.07) is 8.82. The minimum atomic E-state index is -0.698. The van der Waals surface area contributed by atoms with Crippen molar-refractivity contribution in [1.82, 2.24) is 15.6 Å². The molecule has 5 nitrogen and oxygen atoms in total. The van der Waals surface area contributed by atoms with Gasteiger partial charge in [0.1, 0.15) is 0 Å². The normalized spacial score (nSPS) is 20.9. The van der Waals surface area contributed by atoms with Gasteiger partial charge in [-0.2, -0.15) is 0 Å². The molecule has 162 valence electrons. The Bertz CT molecular complexity index is 835. The molecule has 3 rings (SSSR count). The molecule has 1 aliphatic rings. The molecule has 3 N–H and O–H groups in total. The van der Waals surface area contributed by atoms with Crippen LogP contribution in [0.5, 0.6) is 0 Å². The maximum absolute atomic E-state index is 12.2. The minimum absolute atomic E-state index is 0. The molecule has 0 amide bonds. The number of rotatable bonds is 7. The number of hydrogen-bond acceptors (Lipinski definition) is 2. The Hall–Kier alpha value is -1.09. The van der Waals surface area contributed by atoms with Gasteiger partial charge >= 0.3 is 0 Å². The van der Waals surface area contributed by atoms with Crippen molar-refractivity contribution in [2.45, 2.75) is 64.2 Å². The second-order valence-electron chi connectivity index (χ2n) is 7.58. The van der Waals surface area contributed by atoms with Gasteiger partial charge in [0.05, 0.1) is 0 Å². The number of aryl methyl sites for hydroxylation is 1. The van der Waals surface area contributed by atoms with Gasteiger partial charge < -0.3 is 15.6 Å². The zero-order valence-corrected chi connectivity index (χ0v) is 20.9. The Morgan fingerprint density at radius 2 is 2.07 bits per heavy atom. The van der Waals surface area contributed by atoms with Gasteiger partial charge in [0, 0.05) is 57.5 Å².